The van der Waals surface area contributed by atoms with Crippen molar-refractivity contribution in [1.29, 1.82) is 0 Å². The maximum absolute atomic E-state index is 12.7. The number of nitrogens with two attached hydrogens (primary N) is 1. The van der Waals surface area contributed by atoms with Crippen LogP contribution in [0.5, 0.6) is 0 Å². The molecule has 3 N–H and O–H groups in total. The summed E-state index contributed by atoms with van der Waals surface area (Å²) in [4.78, 5) is 23.5. The van der Waals surface area contributed by atoms with E-state index in [0.29, 0.717) is 23.3 Å². The monoisotopic (exact) mass is 311 g/mol. The molecule has 0 saturated carbocycles. The normalized spacial score (nSPS) is 21.2. The van der Waals surface area contributed by atoms with E-state index in [-0.39, 0.29) is 11.6 Å². The molecule has 0 unspecified atom stereocenters. The molecule has 3 rings (SSSR count). The molecule has 1 aliphatic heterocycles. The molecule has 6 nitrogen and oxygen atoms in total. The van der Waals surface area contributed by atoms with Crippen LogP contribution in [0.25, 0.3) is 0 Å². The fraction of sp³-hybridized carbons (Fsp3) is 0.353. The van der Waals surface area contributed by atoms with Crippen LogP contribution in [0.4, 0.5) is 11.6 Å². The van der Waals surface area contributed by atoms with E-state index in [1.807, 2.05) is 12.1 Å². The number of carbonyl (C=O) groups excluding carboxylic acids is 1. The summed E-state index contributed by atoms with van der Waals surface area (Å²) < 4.78 is 0. The zero-order valence-corrected chi connectivity index (χ0v) is 13.4. The summed E-state index contributed by atoms with van der Waals surface area (Å²) >= 11 is 0. The molecule has 1 fully saturated rings. The average molecular weight is 311 g/mol. The molecule has 2 aromatic rings. The van der Waals surface area contributed by atoms with Crippen molar-refractivity contribution in [1.82, 2.24) is 15.3 Å². The van der Waals surface area contributed by atoms with Gasteiger partial charge in [0.15, 0.2) is 0 Å². The van der Waals surface area contributed by atoms with E-state index in [1.54, 1.807) is 24.4 Å². The highest BCUT2D eigenvalue weighted by molar-refractivity contribution is 6.10. The number of piperazine rings is 1. The number of rotatable bonds is 3. The van der Waals surface area contributed by atoms with Gasteiger partial charge in [-0.3, -0.25) is 4.79 Å². The Morgan fingerprint density at radius 2 is 1.96 bits per heavy atom. The van der Waals surface area contributed by atoms with Crippen molar-refractivity contribution in [3.05, 3.63) is 47.8 Å². The number of ketones is 1. The minimum Gasteiger partial charge on any atom is -0.383 e. The number of nitrogens with zero attached hydrogens (tertiary/aromatic N) is 3. The van der Waals surface area contributed by atoms with Crippen LogP contribution in [0.3, 0.4) is 0 Å². The van der Waals surface area contributed by atoms with E-state index < -0.39 is 0 Å². The zero-order chi connectivity index (χ0) is 16.4. The van der Waals surface area contributed by atoms with E-state index in [2.05, 4.69) is 34.0 Å². The fourth-order valence-corrected chi connectivity index (χ4v) is 3.02. The number of nitrogens with one attached hydrogen (secondary N) is 1. The summed E-state index contributed by atoms with van der Waals surface area (Å²) in [7, 11) is 0. The van der Waals surface area contributed by atoms with Gasteiger partial charge in [-0.1, -0.05) is 6.07 Å². The molecule has 120 valence electrons. The van der Waals surface area contributed by atoms with Crippen LogP contribution in [-0.4, -0.2) is 40.9 Å². The van der Waals surface area contributed by atoms with Gasteiger partial charge in [-0.25, -0.2) is 9.97 Å². The second-order valence-electron chi connectivity index (χ2n) is 5.91. The van der Waals surface area contributed by atoms with Crippen LogP contribution >= 0.6 is 0 Å². The third kappa shape index (κ3) is 3.03. The highest BCUT2D eigenvalue weighted by Gasteiger charge is 2.26. The van der Waals surface area contributed by atoms with Crippen molar-refractivity contribution in [2.75, 3.05) is 23.7 Å². The Morgan fingerprint density at radius 3 is 2.65 bits per heavy atom. The molecule has 0 amide bonds. The van der Waals surface area contributed by atoms with Gasteiger partial charge >= 0.3 is 0 Å². The van der Waals surface area contributed by atoms with Gasteiger partial charge in [-0.2, -0.15) is 0 Å². The van der Waals surface area contributed by atoms with Crippen LogP contribution in [0.2, 0.25) is 0 Å². The van der Waals surface area contributed by atoms with Crippen molar-refractivity contribution >= 4 is 17.4 Å². The first-order chi connectivity index (χ1) is 11.1. The molecule has 0 spiro atoms. The Labute approximate surface area is 135 Å². The van der Waals surface area contributed by atoms with Crippen molar-refractivity contribution < 1.29 is 4.79 Å². The van der Waals surface area contributed by atoms with Crippen LogP contribution in [-0.2, 0) is 0 Å². The number of hydrogen-bond donors (Lipinski definition) is 2. The number of pyridine rings is 2. The smallest absolute Gasteiger partial charge is 0.215 e. The summed E-state index contributed by atoms with van der Waals surface area (Å²) in [6, 6.07) is 9.55. The molecule has 0 radical (unpaired) electrons. The summed E-state index contributed by atoms with van der Waals surface area (Å²) in [6.45, 7) is 6.11. The SMILES string of the molecule is C[C@@H]1CNC[C@H](C)N1c1cccc(C(=O)c2cccnc2N)n1. The van der Waals surface area contributed by atoms with Crippen LogP contribution in [0.1, 0.15) is 29.9 Å². The Hall–Kier alpha value is -2.47. The highest BCUT2D eigenvalue weighted by atomic mass is 16.1. The molecule has 2 aromatic heterocycles. The third-order valence-corrected chi connectivity index (χ3v) is 4.14. The Kier molecular flexibility index (Phi) is 4.25. The minimum absolute atomic E-state index is 0.201. The molecule has 1 aliphatic rings. The topological polar surface area (TPSA) is 84.1 Å². The molecule has 23 heavy (non-hydrogen) atoms. The maximum Gasteiger partial charge on any atom is 0.215 e. The average Bonchev–Trinajstić information content (AvgIpc) is 2.55. The van der Waals surface area contributed by atoms with Crippen molar-refractivity contribution in [3.63, 3.8) is 0 Å². The lowest BCUT2D eigenvalue weighted by atomic mass is 10.1. The second-order valence-corrected chi connectivity index (χ2v) is 5.91. The van der Waals surface area contributed by atoms with Gasteiger partial charge in [0, 0.05) is 31.4 Å². The quantitative estimate of drug-likeness (QED) is 0.835. The summed E-state index contributed by atoms with van der Waals surface area (Å²) in [6.07, 6.45) is 1.57. The molecule has 0 aromatic carbocycles. The highest BCUT2D eigenvalue weighted by Crippen LogP contribution is 2.21. The molecule has 2 atom stereocenters. The van der Waals surface area contributed by atoms with Crippen LogP contribution < -0.4 is 16.0 Å². The second kappa shape index (κ2) is 6.34. The summed E-state index contributed by atoms with van der Waals surface area (Å²) in [5.41, 5.74) is 6.58. The maximum atomic E-state index is 12.7. The number of aromatic nitrogens is 2. The van der Waals surface area contributed by atoms with Crippen molar-refractivity contribution in [2.45, 2.75) is 25.9 Å². The minimum atomic E-state index is -0.201. The lowest BCUT2D eigenvalue weighted by molar-refractivity contribution is 0.103. The lowest BCUT2D eigenvalue weighted by Crippen LogP contribution is -2.55. The first-order valence-electron chi connectivity index (χ1n) is 7.79. The zero-order valence-electron chi connectivity index (χ0n) is 13.4. The molecule has 0 aliphatic carbocycles. The van der Waals surface area contributed by atoms with Gasteiger partial charge in [-0.05, 0) is 38.1 Å². The van der Waals surface area contributed by atoms with E-state index in [4.69, 9.17) is 5.73 Å². The van der Waals surface area contributed by atoms with Crippen LogP contribution in [0.15, 0.2) is 36.5 Å². The molecule has 1 saturated heterocycles. The van der Waals surface area contributed by atoms with E-state index >= 15 is 0 Å². The Bertz CT molecular complexity index is 708. The number of carbonyl (C=O) groups is 1. The fourth-order valence-electron chi connectivity index (χ4n) is 3.02. The van der Waals surface area contributed by atoms with Gasteiger partial charge < -0.3 is 16.0 Å². The number of nitrogen functional groups attached to an aromatic ring is 1. The Balaban J connectivity index is 1.94. The van der Waals surface area contributed by atoms with Gasteiger partial charge in [-0.15, -0.1) is 0 Å². The standard InChI is InChI=1S/C17H21N5O/c1-11-9-19-10-12(2)22(11)15-7-3-6-14(21-15)16(23)13-5-4-8-20-17(13)18/h3-8,11-12,19H,9-10H2,1-2H3,(H2,18,20)/t11-,12+. The summed E-state index contributed by atoms with van der Waals surface area (Å²) in [5, 5.41) is 3.39. The predicted octanol–water partition coefficient (Wildman–Crippen LogP) is 1.48. The van der Waals surface area contributed by atoms with Crippen molar-refractivity contribution in [3.8, 4) is 0 Å². The third-order valence-electron chi connectivity index (χ3n) is 4.14. The van der Waals surface area contributed by atoms with Gasteiger partial charge in [0.25, 0.3) is 0 Å². The molecular weight excluding hydrogens is 290 g/mol. The van der Waals surface area contributed by atoms with E-state index in [0.717, 1.165) is 18.9 Å². The molecular formula is C17H21N5O. The van der Waals surface area contributed by atoms with E-state index in [1.165, 1.54) is 0 Å². The number of hydrogen-bond acceptors (Lipinski definition) is 6. The Morgan fingerprint density at radius 1 is 1.22 bits per heavy atom. The number of anilines is 2. The van der Waals surface area contributed by atoms with Gasteiger partial charge in [0.1, 0.15) is 17.3 Å². The summed E-state index contributed by atoms with van der Waals surface area (Å²) in [5.74, 6) is 0.848. The van der Waals surface area contributed by atoms with Gasteiger partial charge in [0.05, 0.1) is 5.56 Å². The first-order valence-corrected chi connectivity index (χ1v) is 7.79. The van der Waals surface area contributed by atoms with Gasteiger partial charge in [0.2, 0.25) is 5.78 Å². The lowest BCUT2D eigenvalue weighted by Gasteiger charge is -2.40. The largest absolute Gasteiger partial charge is 0.383 e. The van der Waals surface area contributed by atoms with E-state index in [9.17, 15) is 4.79 Å². The van der Waals surface area contributed by atoms with Crippen LogP contribution in [0, 0.1) is 0 Å². The van der Waals surface area contributed by atoms with Crippen molar-refractivity contribution in [2.24, 2.45) is 0 Å². The molecule has 6 heteroatoms. The molecule has 3 heterocycles. The molecule has 0 bridgehead atoms. The first kappa shape index (κ1) is 15.4. The predicted molar refractivity (Wildman–Crippen MR) is 90.6 cm³/mol.